The van der Waals surface area contributed by atoms with E-state index in [0.29, 0.717) is 5.65 Å². The molecular formula is C8H9N3O. The fourth-order valence-corrected chi connectivity index (χ4v) is 1.20. The first-order chi connectivity index (χ1) is 5.68. The summed E-state index contributed by atoms with van der Waals surface area (Å²) >= 11 is 0. The largest absolute Gasteiger partial charge is 0.327 e. The van der Waals surface area contributed by atoms with E-state index in [1.807, 2.05) is 13.0 Å². The second-order valence-electron chi connectivity index (χ2n) is 2.87. The number of aryl methyl sites for hydroxylation is 2. The molecule has 2 aromatic heterocycles. The van der Waals surface area contributed by atoms with Gasteiger partial charge in [-0.15, -0.1) is 0 Å². The summed E-state index contributed by atoms with van der Waals surface area (Å²) in [6.45, 7) is 1.95. The Labute approximate surface area is 68.9 Å². The van der Waals surface area contributed by atoms with Crippen molar-refractivity contribution >= 4 is 11.2 Å². The number of hydrogen-bond acceptors (Lipinski definition) is 2. The molecule has 4 nitrogen and oxygen atoms in total. The van der Waals surface area contributed by atoms with E-state index in [0.717, 1.165) is 11.1 Å². The van der Waals surface area contributed by atoms with E-state index in [9.17, 15) is 4.79 Å². The molecule has 4 heteroatoms. The van der Waals surface area contributed by atoms with Gasteiger partial charge in [-0.05, 0) is 18.6 Å². The van der Waals surface area contributed by atoms with Crippen LogP contribution in [-0.2, 0) is 7.05 Å². The number of nitrogens with zero attached hydrogens (tertiary/aromatic N) is 2. The summed E-state index contributed by atoms with van der Waals surface area (Å²) in [6.07, 6.45) is 1.73. The van der Waals surface area contributed by atoms with Crippen molar-refractivity contribution in [2.75, 3.05) is 0 Å². The summed E-state index contributed by atoms with van der Waals surface area (Å²) in [5.74, 6) is 0. The Hall–Kier alpha value is -1.58. The highest BCUT2D eigenvalue weighted by Gasteiger charge is 2.02. The highest BCUT2D eigenvalue weighted by atomic mass is 16.1. The second kappa shape index (κ2) is 2.20. The molecule has 2 aromatic rings. The Balaban J connectivity index is 2.98. The Morgan fingerprint density at radius 1 is 1.58 bits per heavy atom. The fourth-order valence-electron chi connectivity index (χ4n) is 1.20. The lowest BCUT2D eigenvalue weighted by Gasteiger charge is -1.93. The number of aromatic nitrogens is 3. The van der Waals surface area contributed by atoms with Gasteiger partial charge in [0.05, 0.1) is 5.52 Å². The van der Waals surface area contributed by atoms with Crippen LogP contribution in [0, 0.1) is 6.92 Å². The number of hydrogen-bond donors (Lipinski definition) is 1. The average Bonchev–Trinajstić information content (AvgIpc) is 2.31. The standard InChI is InChI=1S/C8H9N3O/c1-5-3-6-7(9-4-5)10-8(12)11(6)2/h3-4H,1-2H3,(H,9,10,12). The third-order valence-electron chi connectivity index (χ3n) is 1.90. The number of H-pyrrole nitrogens is 1. The van der Waals surface area contributed by atoms with Gasteiger partial charge in [0.25, 0.3) is 0 Å². The van der Waals surface area contributed by atoms with Crippen LogP contribution in [0.5, 0.6) is 0 Å². The summed E-state index contributed by atoms with van der Waals surface area (Å²) in [4.78, 5) is 17.9. The van der Waals surface area contributed by atoms with Crippen LogP contribution >= 0.6 is 0 Å². The first-order valence-electron chi connectivity index (χ1n) is 3.70. The maximum absolute atomic E-state index is 11.1. The first-order valence-corrected chi connectivity index (χ1v) is 3.70. The van der Waals surface area contributed by atoms with Crippen LogP contribution < -0.4 is 5.69 Å². The van der Waals surface area contributed by atoms with Gasteiger partial charge in [-0.25, -0.2) is 9.78 Å². The van der Waals surface area contributed by atoms with Crippen molar-refractivity contribution in [3.8, 4) is 0 Å². The van der Waals surface area contributed by atoms with Gasteiger partial charge in [-0.1, -0.05) is 0 Å². The summed E-state index contributed by atoms with van der Waals surface area (Å²) in [6, 6.07) is 1.93. The van der Waals surface area contributed by atoms with Crippen molar-refractivity contribution < 1.29 is 0 Å². The van der Waals surface area contributed by atoms with Crippen LogP contribution in [-0.4, -0.2) is 14.5 Å². The normalized spacial score (nSPS) is 10.8. The van der Waals surface area contributed by atoms with E-state index in [1.54, 1.807) is 17.8 Å². The second-order valence-corrected chi connectivity index (χ2v) is 2.87. The van der Waals surface area contributed by atoms with E-state index >= 15 is 0 Å². The molecule has 0 unspecified atom stereocenters. The van der Waals surface area contributed by atoms with Gasteiger partial charge < -0.3 is 0 Å². The van der Waals surface area contributed by atoms with Crippen molar-refractivity contribution in [1.82, 2.24) is 14.5 Å². The minimum atomic E-state index is -0.122. The molecule has 1 N–H and O–H groups in total. The predicted octanol–water partition coefficient (Wildman–Crippen LogP) is 0.570. The maximum atomic E-state index is 11.1. The van der Waals surface area contributed by atoms with Crippen LogP contribution in [0.2, 0.25) is 0 Å². The van der Waals surface area contributed by atoms with Crippen LogP contribution in [0.1, 0.15) is 5.56 Å². The Morgan fingerprint density at radius 2 is 2.33 bits per heavy atom. The number of fused-ring (bicyclic) bond motifs is 1. The molecule has 12 heavy (non-hydrogen) atoms. The van der Waals surface area contributed by atoms with Crippen molar-refractivity contribution in [2.45, 2.75) is 6.92 Å². The maximum Gasteiger partial charge on any atom is 0.327 e. The number of aromatic amines is 1. The molecule has 2 heterocycles. The molecule has 0 spiro atoms. The molecule has 0 atom stereocenters. The molecule has 62 valence electrons. The highest BCUT2D eigenvalue weighted by Crippen LogP contribution is 2.06. The van der Waals surface area contributed by atoms with Gasteiger partial charge in [0, 0.05) is 13.2 Å². The third kappa shape index (κ3) is 0.845. The summed E-state index contributed by atoms with van der Waals surface area (Å²) in [5, 5.41) is 0. The number of rotatable bonds is 0. The molecule has 0 radical (unpaired) electrons. The number of imidazole rings is 1. The quantitative estimate of drug-likeness (QED) is 0.617. The molecule has 0 fully saturated rings. The minimum absolute atomic E-state index is 0.122. The zero-order valence-corrected chi connectivity index (χ0v) is 6.96. The molecular weight excluding hydrogens is 154 g/mol. The molecule has 0 aliphatic heterocycles. The fraction of sp³-hybridized carbons (Fsp3) is 0.250. The molecule has 0 amide bonds. The zero-order valence-electron chi connectivity index (χ0n) is 6.96. The average molecular weight is 163 g/mol. The van der Waals surface area contributed by atoms with E-state index in [2.05, 4.69) is 9.97 Å². The van der Waals surface area contributed by atoms with Gasteiger partial charge >= 0.3 is 5.69 Å². The minimum Gasteiger partial charge on any atom is -0.294 e. The van der Waals surface area contributed by atoms with Crippen molar-refractivity contribution in [3.05, 3.63) is 28.3 Å². The Kier molecular flexibility index (Phi) is 1.30. The summed E-state index contributed by atoms with van der Waals surface area (Å²) in [5.41, 5.74) is 2.42. The van der Waals surface area contributed by atoms with Gasteiger partial charge in [-0.2, -0.15) is 0 Å². The van der Waals surface area contributed by atoms with Crippen LogP contribution in [0.25, 0.3) is 11.2 Å². The molecule has 2 rings (SSSR count). The Morgan fingerprint density at radius 3 is 3.08 bits per heavy atom. The molecule has 0 saturated carbocycles. The smallest absolute Gasteiger partial charge is 0.294 e. The van der Waals surface area contributed by atoms with E-state index in [-0.39, 0.29) is 5.69 Å². The van der Waals surface area contributed by atoms with Crippen LogP contribution in [0.3, 0.4) is 0 Å². The van der Waals surface area contributed by atoms with Gasteiger partial charge in [0.1, 0.15) is 0 Å². The lowest BCUT2D eigenvalue weighted by molar-refractivity contribution is 0.891. The van der Waals surface area contributed by atoms with Crippen LogP contribution in [0.15, 0.2) is 17.1 Å². The monoisotopic (exact) mass is 163 g/mol. The topological polar surface area (TPSA) is 50.7 Å². The molecule has 0 aromatic carbocycles. The lowest BCUT2D eigenvalue weighted by atomic mass is 10.3. The SMILES string of the molecule is Cc1cnc2[nH]c(=O)n(C)c2c1. The van der Waals surface area contributed by atoms with E-state index in [1.165, 1.54) is 0 Å². The lowest BCUT2D eigenvalue weighted by Crippen LogP contribution is -2.11. The first kappa shape index (κ1) is 7.09. The van der Waals surface area contributed by atoms with Gasteiger partial charge in [-0.3, -0.25) is 9.55 Å². The van der Waals surface area contributed by atoms with Crippen molar-refractivity contribution in [1.29, 1.82) is 0 Å². The summed E-state index contributed by atoms with van der Waals surface area (Å²) in [7, 11) is 1.72. The van der Waals surface area contributed by atoms with E-state index < -0.39 is 0 Å². The predicted molar refractivity (Wildman–Crippen MR) is 46.1 cm³/mol. The third-order valence-corrected chi connectivity index (χ3v) is 1.90. The van der Waals surface area contributed by atoms with Gasteiger partial charge in [0.2, 0.25) is 0 Å². The number of pyridine rings is 1. The zero-order chi connectivity index (χ0) is 8.72. The highest BCUT2D eigenvalue weighted by molar-refractivity contribution is 5.70. The molecule has 0 aliphatic rings. The van der Waals surface area contributed by atoms with Crippen LogP contribution in [0.4, 0.5) is 0 Å². The summed E-state index contributed by atoms with van der Waals surface area (Å²) < 4.78 is 1.55. The van der Waals surface area contributed by atoms with Crippen molar-refractivity contribution in [2.24, 2.45) is 7.05 Å². The van der Waals surface area contributed by atoms with E-state index in [4.69, 9.17) is 0 Å². The Bertz CT molecular complexity index is 480. The van der Waals surface area contributed by atoms with Crippen molar-refractivity contribution in [3.63, 3.8) is 0 Å². The number of nitrogens with one attached hydrogen (secondary N) is 1. The molecule has 0 saturated heterocycles. The molecule has 0 aliphatic carbocycles. The van der Waals surface area contributed by atoms with Gasteiger partial charge in [0.15, 0.2) is 5.65 Å². The molecule has 0 bridgehead atoms.